The SMILES string of the molecule is CC/C=C(\CNCCC)NCC(=O)NC(CN(N=N)C(C)=N)C(=O)NCCCc1ccccc1CCC. The molecule has 0 radical (unpaired) electrons. The van der Waals surface area contributed by atoms with Crippen molar-refractivity contribution in [1.82, 2.24) is 26.3 Å². The van der Waals surface area contributed by atoms with Gasteiger partial charge in [0.2, 0.25) is 11.8 Å². The standard InChI is InChI=1S/C27H46N8O2/c1-5-11-22-13-8-9-14-23(22)15-10-17-31-27(37)25(20-35(34-29)21(4)28)33-26(36)19-32-24(12-6-2)18-30-16-7-3/h8-9,12-14,25,28-30,32H,5-7,10-11,15-20H2,1-4H3,(H,31,37)(H,33,36)/b24-12+,28-21?,34-29?. The van der Waals surface area contributed by atoms with Crippen LogP contribution in [0.4, 0.5) is 0 Å². The summed E-state index contributed by atoms with van der Waals surface area (Å²) < 4.78 is 0. The molecule has 1 rings (SSSR count). The number of hydrogen-bond acceptors (Lipinski definition) is 7. The van der Waals surface area contributed by atoms with Crippen LogP contribution in [0.15, 0.2) is 41.3 Å². The molecule has 0 saturated heterocycles. The van der Waals surface area contributed by atoms with Crippen molar-refractivity contribution in [2.45, 2.75) is 72.3 Å². The second-order valence-electron chi connectivity index (χ2n) is 8.97. The van der Waals surface area contributed by atoms with Crippen molar-refractivity contribution in [3.63, 3.8) is 0 Å². The van der Waals surface area contributed by atoms with Gasteiger partial charge in [0.1, 0.15) is 11.9 Å². The van der Waals surface area contributed by atoms with E-state index in [-0.39, 0.29) is 30.7 Å². The Morgan fingerprint density at radius 2 is 1.73 bits per heavy atom. The molecule has 0 fully saturated rings. The van der Waals surface area contributed by atoms with Crippen LogP contribution in [0.5, 0.6) is 0 Å². The van der Waals surface area contributed by atoms with Crippen molar-refractivity contribution in [2.24, 2.45) is 5.22 Å². The van der Waals surface area contributed by atoms with E-state index in [9.17, 15) is 9.59 Å². The fourth-order valence-electron chi connectivity index (χ4n) is 3.84. The molecule has 0 aliphatic carbocycles. The number of benzene rings is 1. The second kappa shape index (κ2) is 18.9. The van der Waals surface area contributed by atoms with Crippen molar-refractivity contribution >= 4 is 17.6 Å². The molecule has 1 unspecified atom stereocenters. The number of amides is 2. The maximum absolute atomic E-state index is 13.0. The maximum Gasteiger partial charge on any atom is 0.244 e. The molecule has 0 saturated carbocycles. The molecule has 0 aliphatic rings. The average Bonchev–Trinajstić information content (AvgIpc) is 2.88. The summed E-state index contributed by atoms with van der Waals surface area (Å²) in [7, 11) is 0. The zero-order chi connectivity index (χ0) is 27.5. The van der Waals surface area contributed by atoms with Gasteiger partial charge in [0, 0.05) is 18.8 Å². The highest BCUT2D eigenvalue weighted by molar-refractivity contribution is 5.89. The fraction of sp³-hybridized carbons (Fsp3) is 0.593. The minimum absolute atomic E-state index is 0.0131. The molecular formula is C27H46N8O2. The molecule has 206 valence electrons. The van der Waals surface area contributed by atoms with Crippen LogP contribution < -0.4 is 21.3 Å². The van der Waals surface area contributed by atoms with E-state index in [1.165, 1.54) is 18.1 Å². The number of carbonyl (C=O) groups excluding carboxylic acids is 2. The van der Waals surface area contributed by atoms with Crippen LogP contribution in [-0.4, -0.2) is 61.4 Å². The number of aryl methyl sites for hydroxylation is 2. The lowest BCUT2D eigenvalue weighted by atomic mass is 9.99. The van der Waals surface area contributed by atoms with Crippen LogP contribution in [0.3, 0.4) is 0 Å². The molecule has 1 aromatic rings. The van der Waals surface area contributed by atoms with E-state index in [0.29, 0.717) is 13.1 Å². The van der Waals surface area contributed by atoms with Crippen LogP contribution in [0.25, 0.3) is 0 Å². The third-order valence-corrected chi connectivity index (χ3v) is 5.74. The van der Waals surface area contributed by atoms with Gasteiger partial charge in [-0.25, -0.2) is 5.01 Å². The van der Waals surface area contributed by atoms with Crippen molar-refractivity contribution in [1.29, 1.82) is 10.9 Å². The van der Waals surface area contributed by atoms with Crippen molar-refractivity contribution in [2.75, 3.05) is 32.7 Å². The minimum Gasteiger partial charge on any atom is -0.379 e. The third kappa shape index (κ3) is 13.0. The Morgan fingerprint density at radius 3 is 2.32 bits per heavy atom. The van der Waals surface area contributed by atoms with Crippen LogP contribution in [0.1, 0.15) is 64.5 Å². The molecule has 37 heavy (non-hydrogen) atoms. The van der Waals surface area contributed by atoms with Gasteiger partial charge in [0.15, 0.2) is 0 Å². The minimum atomic E-state index is -0.951. The van der Waals surface area contributed by atoms with Gasteiger partial charge in [-0.15, -0.1) is 0 Å². The van der Waals surface area contributed by atoms with Gasteiger partial charge < -0.3 is 21.3 Å². The predicted molar refractivity (Wildman–Crippen MR) is 148 cm³/mol. The normalized spacial score (nSPS) is 11.9. The Balaban J connectivity index is 2.71. The first-order valence-electron chi connectivity index (χ1n) is 13.3. The molecule has 1 aromatic carbocycles. The Kier molecular flexibility index (Phi) is 16.2. The van der Waals surface area contributed by atoms with Crippen molar-refractivity contribution < 1.29 is 9.59 Å². The number of nitrogens with one attached hydrogen (secondary N) is 6. The molecule has 10 heteroatoms. The first-order chi connectivity index (χ1) is 17.9. The van der Waals surface area contributed by atoms with Crippen molar-refractivity contribution in [3.8, 4) is 0 Å². The highest BCUT2D eigenvalue weighted by Crippen LogP contribution is 2.13. The van der Waals surface area contributed by atoms with Crippen LogP contribution in [-0.2, 0) is 22.4 Å². The van der Waals surface area contributed by atoms with Crippen molar-refractivity contribution in [3.05, 3.63) is 47.2 Å². The molecule has 0 spiro atoms. The van der Waals surface area contributed by atoms with E-state index in [1.807, 2.05) is 19.1 Å². The summed E-state index contributed by atoms with van der Waals surface area (Å²) in [5.41, 5.74) is 10.9. The summed E-state index contributed by atoms with van der Waals surface area (Å²) in [5, 5.41) is 24.3. The molecule has 0 heterocycles. The topological polar surface area (TPSA) is 146 Å². The molecule has 0 bridgehead atoms. The molecule has 0 aromatic heterocycles. The van der Waals surface area contributed by atoms with Crippen LogP contribution in [0, 0.1) is 10.9 Å². The van der Waals surface area contributed by atoms with E-state index in [2.05, 4.69) is 58.5 Å². The Hall–Kier alpha value is -3.27. The summed E-state index contributed by atoms with van der Waals surface area (Å²) in [6, 6.07) is 7.41. The number of carbonyl (C=O) groups is 2. The van der Waals surface area contributed by atoms with Gasteiger partial charge in [0.05, 0.1) is 13.1 Å². The van der Waals surface area contributed by atoms with E-state index >= 15 is 0 Å². The molecule has 2 amide bonds. The monoisotopic (exact) mass is 514 g/mol. The quantitative estimate of drug-likeness (QED) is 0.0551. The summed E-state index contributed by atoms with van der Waals surface area (Å²) >= 11 is 0. The highest BCUT2D eigenvalue weighted by atomic mass is 16.2. The maximum atomic E-state index is 13.0. The number of nitrogens with zero attached hydrogens (tertiary/aromatic N) is 2. The van der Waals surface area contributed by atoms with E-state index < -0.39 is 6.04 Å². The van der Waals surface area contributed by atoms with Gasteiger partial charge >= 0.3 is 0 Å². The number of hydrogen-bond donors (Lipinski definition) is 6. The lowest BCUT2D eigenvalue weighted by Crippen LogP contribution is -2.54. The predicted octanol–water partition coefficient (Wildman–Crippen LogP) is 3.30. The lowest BCUT2D eigenvalue weighted by Gasteiger charge is -2.24. The average molecular weight is 515 g/mol. The third-order valence-electron chi connectivity index (χ3n) is 5.74. The van der Waals surface area contributed by atoms with Gasteiger partial charge in [-0.3, -0.25) is 15.0 Å². The summed E-state index contributed by atoms with van der Waals surface area (Å²) in [6.07, 6.45) is 7.61. The van der Waals surface area contributed by atoms with Gasteiger partial charge in [0.25, 0.3) is 0 Å². The van der Waals surface area contributed by atoms with Gasteiger partial charge in [-0.05, 0) is 56.7 Å². The fourth-order valence-corrected chi connectivity index (χ4v) is 3.84. The second-order valence-corrected chi connectivity index (χ2v) is 8.97. The Morgan fingerprint density at radius 1 is 1.03 bits per heavy atom. The van der Waals surface area contributed by atoms with Crippen LogP contribution in [0.2, 0.25) is 0 Å². The Labute approximate surface area is 222 Å². The van der Waals surface area contributed by atoms with Gasteiger partial charge in [-0.2, -0.15) is 5.53 Å². The summed E-state index contributed by atoms with van der Waals surface area (Å²) in [4.78, 5) is 25.7. The van der Waals surface area contributed by atoms with E-state index in [1.54, 1.807) is 0 Å². The smallest absolute Gasteiger partial charge is 0.244 e. The molecular weight excluding hydrogens is 468 g/mol. The summed E-state index contributed by atoms with van der Waals surface area (Å²) in [6.45, 7) is 9.67. The molecule has 1 atom stereocenters. The highest BCUT2D eigenvalue weighted by Gasteiger charge is 2.24. The first kappa shape index (κ1) is 31.8. The molecule has 6 N–H and O–H groups in total. The largest absolute Gasteiger partial charge is 0.379 e. The first-order valence-corrected chi connectivity index (χ1v) is 13.3. The molecule has 0 aliphatic heterocycles. The van der Waals surface area contributed by atoms with E-state index in [4.69, 9.17) is 10.9 Å². The zero-order valence-corrected chi connectivity index (χ0v) is 23.0. The van der Waals surface area contributed by atoms with Crippen LogP contribution >= 0.6 is 0 Å². The number of rotatable bonds is 19. The summed E-state index contributed by atoms with van der Waals surface area (Å²) in [5.74, 6) is -0.694. The lowest BCUT2D eigenvalue weighted by molar-refractivity contribution is -0.128. The molecule has 10 nitrogen and oxygen atoms in total. The zero-order valence-electron chi connectivity index (χ0n) is 23.0. The number of amidine groups is 1. The number of allylic oxidation sites excluding steroid dienone is 1. The van der Waals surface area contributed by atoms with Gasteiger partial charge in [-0.1, -0.05) is 62.8 Å². The Bertz CT molecular complexity index is 887. The van der Waals surface area contributed by atoms with E-state index in [0.717, 1.165) is 55.8 Å².